The van der Waals surface area contributed by atoms with Crippen LogP contribution in [0.5, 0.6) is 0 Å². The molecular formula is C15H11ClFNO2S. The van der Waals surface area contributed by atoms with E-state index >= 15 is 0 Å². The van der Waals surface area contributed by atoms with Crippen molar-refractivity contribution < 1.29 is 14.3 Å². The van der Waals surface area contributed by atoms with Crippen LogP contribution in [0, 0.1) is 5.82 Å². The second kappa shape index (κ2) is 7.24. The molecule has 0 amide bonds. The van der Waals surface area contributed by atoms with Gasteiger partial charge in [0.2, 0.25) is 0 Å². The first-order valence-electron chi connectivity index (χ1n) is 5.99. The number of carboxylic acids is 1. The summed E-state index contributed by atoms with van der Waals surface area (Å²) in [6.07, 6.45) is 4.00. The van der Waals surface area contributed by atoms with Crippen molar-refractivity contribution >= 4 is 35.4 Å². The number of aromatic nitrogens is 1. The van der Waals surface area contributed by atoms with Gasteiger partial charge in [-0.1, -0.05) is 17.7 Å². The van der Waals surface area contributed by atoms with Crippen LogP contribution in [0.4, 0.5) is 4.39 Å². The summed E-state index contributed by atoms with van der Waals surface area (Å²) in [5.74, 6) is -0.980. The summed E-state index contributed by atoms with van der Waals surface area (Å²) >= 11 is 7.43. The lowest BCUT2D eigenvalue weighted by Crippen LogP contribution is -1.92. The molecule has 0 saturated heterocycles. The first-order valence-corrected chi connectivity index (χ1v) is 7.35. The maximum absolute atomic E-state index is 13.3. The van der Waals surface area contributed by atoms with Crippen molar-refractivity contribution in [3.63, 3.8) is 0 Å². The number of benzene rings is 1. The van der Waals surface area contributed by atoms with Gasteiger partial charge in [-0.25, -0.2) is 14.2 Å². The Labute approximate surface area is 130 Å². The van der Waals surface area contributed by atoms with Crippen LogP contribution in [0.15, 0.2) is 47.6 Å². The molecule has 21 heavy (non-hydrogen) atoms. The van der Waals surface area contributed by atoms with Crippen LogP contribution in [0.1, 0.15) is 11.1 Å². The maximum atomic E-state index is 13.3. The number of halogens is 2. The molecule has 0 unspecified atom stereocenters. The van der Waals surface area contributed by atoms with Crippen LogP contribution in [0.3, 0.4) is 0 Å². The van der Waals surface area contributed by atoms with Crippen molar-refractivity contribution in [2.45, 2.75) is 10.8 Å². The topological polar surface area (TPSA) is 50.2 Å². The first kappa shape index (κ1) is 15.5. The smallest absolute Gasteiger partial charge is 0.328 e. The normalized spacial score (nSPS) is 11.0. The van der Waals surface area contributed by atoms with Gasteiger partial charge in [0.1, 0.15) is 10.8 Å². The molecule has 108 valence electrons. The van der Waals surface area contributed by atoms with Crippen LogP contribution in [-0.2, 0) is 10.5 Å². The monoisotopic (exact) mass is 323 g/mol. The molecule has 6 heteroatoms. The average Bonchev–Trinajstić information content (AvgIpc) is 2.45. The third-order valence-corrected chi connectivity index (χ3v) is 4.07. The second-order valence-corrected chi connectivity index (χ2v) is 5.47. The molecule has 0 aliphatic carbocycles. The number of carbonyl (C=O) groups is 1. The van der Waals surface area contributed by atoms with Gasteiger partial charge in [-0.2, -0.15) is 0 Å². The van der Waals surface area contributed by atoms with Crippen LogP contribution < -0.4 is 0 Å². The zero-order valence-electron chi connectivity index (χ0n) is 10.8. The van der Waals surface area contributed by atoms with Crippen LogP contribution in [-0.4, -0.2) is 16.1 Å². The molecule has 0 fully saturated rings. The summed E-state index contributed by atoms with van der Waals surface area (Å²) in [4.78, 5) is 14.7. The number of rotatable bonds is 5. The highest BCUT2D eigenvalue weighted by molar-refractivity contribution is 7.98. The van der Waals surface area contributed by atoms with Crippen molar-refractivity contribution in [3.8, 4) is 0 Å². The number of hydrogen-bond donors (Lipinski definition) is 1. The van der Waals surface area contributed by atoms with E-state index in [4.69, 9.17) is 16.7 Å². The van der Waals surface area contributed by atoms with Crippen LogP contribution >= 0.6 is 23.4 Å². The largest absolute Gasteiger partial charge is 0.478 e. The quantitative estimate of drug-likeness (QED) is 0.659. The predicted molar refractivity (Wildman–Crippen MR) is 81.9 cm³/mol. The van der Waals surface area contributed by atoms with Gasteiger partial charge in [-0.05, 0) is 41.5 Å². The molecule has 0 spiro atoms. The van der Waals surface area contributed by atoms with Gasteiger partial charge >= 0.3 is 5.97 Å². The number of carboxylic acid groups (broad SMARTS) is 1. The standard InChI is InChI=1S/C15H11ClFNO2S/c16-13-2-1-7-18-15(13)21-9-11-3-5-12(17)8-10(11)4-6-14(19)20/h1-8H,9H2,(H,19,20). The molecule has 1 aromatic heterocycles. The Hall–Kier alpha value is -1.85. The molecule has 0 aliphatic rings. The molecule has 0 bridgehead atoms. The van der Waals surface area contributed by atoms with E-state index in [1.165, 1.54) is 30.0 Å². The molecule has 0 radical (unpaired) electrons. The lowest BCUT2D eigenvalue weighted by Gasteiger charge is -2.07. The second-order valence-electron chi connectivity index (χ2n) is 4.09. The van der Waals surface area contributed by atoms with E-state index in [0.29, 0.717) is 21.4 Å². The third-order valence-electron chi connectivity index (χ3n) is 2.60. The third kappa shape index (κ3) is 4.58. The molecule has 0 atom stereocenters. The van der Waals surface area contributed by atoms with Crippen molar-refractivity contribution in [1.29, 1.82) is 0 Å². The number of pyridine rings is 1. The summed E-state index contributed by atoms with van der Waals surface area (Å²) < 4.78 is 13.3. The average molecular weight is 324 g/mol. The van der Waals surface area contributed by atoms with Crippen molar-refractivity contribution in [1.82, 2.24) is 4.98 Å². The predicted octanol–water partition coefficient (Wildman–Crippen LogP) is 4.26. The molecule has 3 nitrogen and oxygen atoms in total. The number of hydrogen-bond acceptors (Lipinski definition) is 3. The Morgan fingerprint density at radius 2 is 2.24 bits per heavy atom. The zero-order chi connectivity index (χ0) is 15.2. The van der Waals surface area contributed by atoms with E-state index in [-0.39, 0.29) is 0 Å². The van der Waals surface area contributed by atoms with Gasteiger partial charge in [0, 0.05) is 18.0 Å². The Kier molecular flexibility index (Phi) is 5.36. The minimum Gasteiger partial charge on any atom is -0.478 e. The highest BCUT2D eigenvalue weighted by atomic mass is 35.5. The van der Waals surface area contributed by atoms with Gasteiger partial charge in [0.05, 0.1) is 5.02 Å². The van der Waals surface area contributed by atoms with Gasteiger partial charge in [0.15, 0.2) is 0 Å². The molecular weight excluding hydrogens is 313 g/mol. The number of aliphatic carboxylic acids is 1. The molecule has 1 N–H and O–H groups in total. The molecule has 0 saturated carbocycles. The zero-order valence-corrected chi connectivity index (χ0v) is 12.4. The molecule has 0 aliphatic heterocycles. The highest BCUT2D eigenvalue weighted by Gasteiger charge is 2.06. The van der Waals surface area contributed by atoms with Crippen LogP contribution in [0.25, 0.3) is 6.08 Å². The van der Waals surface area contributed by atoms with Gasteiger partial charge in [0.25, 0.3) is 0 Å². The Bertz CT molecular complexity index is 691. The molecule has 1 aromatic carbocycles. The summed E-state index contributed by atoms with van der Waals surface area (Å²) in [5, 5.41) is 9.89. The highest BCUT2D eigenvalue weighted by Crippen LogP contribution is 2.28. The van der Waals surface area contributed by atoms with Crippen molar-refractivity contribution in [2.75, 3.05) is 0 Å². The Morgan fingerprint density at radius 1 is 1.43 bits per heavy atom. The SMILES string of the molecule is O=C(O)C=Cc1cc(F)ccc1CSc1ncccc1Cl. The Morgan fingerprint density at radius 3 is 2.95 bits per heavy atom. The fraction of sp³-hybridized carbons (Fsp3) is 0.0667. The maximum Gasteiger partial charge on any atom is 0.328 e. The van der Waals surface area contributed by atoms with Crippen molar-refractivity contribution in [3.05, 3.63) is 64.6 Å². The fourth-order valence-corrected chi connectivity index (χ4v) is 2.82. The lowest BCUT2D eigenvalue weighted by molar-refractivity contribution is -0.131. The first-order chi connectivity index (χ1) is 10.1. The minimum atomic E-state index is -1.08. The number of thioether (sulfide) groups is 1. The molecule has 2 rings (SSSR count). The summed E-state index contributed by atoms with van der Waals surface area (Å²) in [7, 11) is 0. The summed E-state index contributed by atoms with van der Waals surface area (Å²) in [6.45, 7) is 0. The summed E-state index contributed by atoms with van der Waals surface area (Å²) in [6, 6.07) is 7.75. The van der Waals surface area contributed by atoms with Gasteiger partial charge in [-0.3, -0.25) is 0 Å². The Balaban J connectivity index is 2.20. The lowest BCUT2D eigenvalue weighted by atomic mass is 10.1. The molecule has 1 heterocycles. The minimum absolute atomic E-state index is 0.412. The van der Waals surface area contributed by atoms with Gasteiger partial charge in [-0.15, -0.1) is 11.8 Å². The van der Waals surface area contributed by atoms with Crippen LogP contribution in [0.2, 0.25) is 5.02 Å². The van der Waals surface area contributed by atoms with E-state index in [9.17, 15) is 9.18 Å². The van der Waals surface area contributed by atoms with E-state index in [1.54, 1.807) is 24.4 Å². The van der Waals surface area contributed by atoms with E-state index in [0.717, 1.165) is 11.6 Å². The molecule has 2 aromatic rings. The van der Waals surface area contributed by atoms with Gasteiger partial charge < -0.3 is 5.11 Å². The van der Waals surface area contributed by atoms with E-state index in [2.05, 4.69) is 4.98 Å². The van der Waals surface area contributed by atoms with E-state index in [1.807, 2.05) is 0 Å². The van der Waals surface area contributed by atoms with E-state index < -0.39 is 11.8 Å². The van der Waals surface area contributed by atoms with Crippen molar-refractivity contribution in [2.24, 2.45) is 0 Å². The fourth-order valence-electron chi connectivity index (χ4n) is 1.64. The summed E-state index contributed by atoms with van der Waals surface area (Å²) in [5.41, 5.74) is 1.33. The number of nitrogens with zero attached hydrogens (tertiary/aromatic N) is 1.